The normalized spacial score (nSPS) is 17.3. The van der Waals surface area contributed by atoms with Crippen LogP contribution in [0.25, 0.3) is 0 Å². The van der Waals surface area contributed by atoms with E-state index in [0.717, 1.165) is 75.2 Å². The number of hydrogen-bond acceptors (Lipinski definition) is 6. The van der Waals surface area contributed by atoms with Crippen LogP contribution < -0.4 is 10.2 Å². The Morgan fingerprint density at radius 3 is 2.32 bits per heavy atom. The van der Waals surface area contributed by atoms with E-state index >= 15 is 0 Å². The number of hydrogen-bond donors (Lipinski definition) is 1. The van der Waals surface area contributed by atoms with Gasteiger partial charge in [-0.25, -0.2) is 12.7 Å². The SMILES string of the molecule is CN(C)S(=O)(=O)c1ccc(N2CCCC2)c(C(=O)Nc2ccc(CCN3CCOCC3)cc2)c1. The minimum absolute atomic E-state index is 0.115. The summed E-state index contributed by atoms with van der Waals surface area (Å²) in [6, 6.07) is 12.7. The van der Waals surface area contributed by atoms with Crippen LogP contribution in [0.2, 0.25) is 0 Å². The molecule has 2 aromatic rings. The van der Waals surface area contributed by atoms with Gasteiger partial charge in [-0.1, -0.05) is 12.1 Å². The van der Waals surface area contributed by atoms with Crippen molar-refractivity contribution in [2.45, 2.75) is 24.2 Å². The standard InChI is InChI=1S/C25H34N4O4S/c1-27(2)34(31,32)22-9-10-24(29-12-3-4-13-29)23(19-22)25(30)26-21-7-5-20(6-8-21)11-14-28-15-17-33-18-16-28/h5-10,19H,3-4,11-18H2,1-2H3,(H,26,30). The van der Waals surface area contributed by atoms with Crippen molar-refractivity contribution in [3.05, 3.63) is 53.6 Å². The number of nitrogens with one attached hydrogen (secondary N) is 1. The van der Waals surface area contributed by atoms with Crippen molar-refractivity contribution in [2.24, 2.45) is 0 Å². The summed E-state index contributed by atoms with van der Waals surface area (Å²) in [5.41, 5.74) is 3.05. The van der Waals surface area contributed by atoms with E-state index < -0.39 is 10.0 Å². The number of amides is 1. The molecule has 0 radical (unpaired) electrons. The predicted molar refractivity (Wildman–Crippen MR) is 134 cm³/mol. The number of rotatable bonds is 8. The molecule has 1 N–H and O–H groups in total. The van der Waals surface area contributed by atoms with Crippen molar-refractivity contribution in [3.63, 3.8) is 0 Å². The lowest BCUT2D eigenvalue weighted by atomic mass is 10.1. The fourth-order valence-electron chi connectivity index (χ4n) is 4.37. The number of sulfonamides is 1. The lowest BCUT2D eigenvalue weighted by molar-refractivity contribution is 0.0384. The first-order valence-corrected chi connectivity index (χ1v) is 13.3. The lowest BCUT2D eigenvalue weighted by Crippen LogP contribution is -2.37. The van der Waals surface area contributed by atoms with Gasteiger partial charge in [-0.15, -0.1) is 0 Å². The lowest BCUT2D eigenvalue weighted by Gasteiger charge is -2.26. The van der Waals surface area contributed by atoms with E-state index in [1.54, 1.807) is 12.1 Å². The van der Waals surface area contributed by atoms with Crippen molar-refractivity contribution < 1.29 is 17.9 Å². The van der Waals surface area contributed by atoms with Crippen LogP contribution in [0.3, 0.4) is 0 Å². The third kappa shape index (κ3) is 5.78. The molecule has 1 amide bonds. The van der Waals surface area contributed by atoms with Gasteiger partial charge in [-0.2, -0.15) is 0 Å². The van der Waals surface area contributed by atoms with E-state index in [1.165, 1.54) is 25.7 Å². The zero-order valence-electron chi connectivity index (χ0n) is 20.0. The molecule has 0 aromatic heterocycles. The summed E-state index contributed by atoms with van der Waals surface area (Å²) in [7, 11) is -0.664. The van der Waals surface area contributed by atoms with Crippen LogP contribution in [-0.4, -0.2) is 83.6 Å². The number of anilines is 2. The number of ether oxygens (including phenoxy) is 1. The van der Waals surface area contributed by atoms with Gasteiger partial charge in [0.05, 0.1) is 23.7 Å². The molecule has 0 spiro atoms. The van der Waals surface area contributed by atoms with Gasteiger partial charge < -0.3 is 15.0 Å². The number of benzene rings is 2. The molecule has 2 fully saturated rings. The maximum atomic E-state index is 13.3. The molecule has 2 aliphatic heterocycles. The summed E-state index contributed by atoms with van der Waals surface area (Å²) >= 11 is 0. The summed E-state index contributed by atoms with van der Waals surface area (Å²) in [5.74, 6) is -0.307. The van der Waals surface area contributed by atoms with Crippen molar-refractivity contribution in [1.29, 1.82) is 0 Å². The fourth-order valence-corrected chi connectivity index (χ4v) is 5.30. The largest absolute Gasteiger partial charge is 0.379 e. The van der Waals surface area contributed by atoms with Crippen LogP contribution in [0.15, 0.2) is 47.4 Å². The van der Waals surface area contributed by atoms with Gasteiger partial charge >= 0.3 is 0 Å². The summed E-state index contributed by atoms with van der Waals surface area (Å²) in [6.07, 6.45) is 3.06. The summed E-state index contributed by atoms with van der Waals surface area (Å²) in [4.78, 5) is 18.0. The van der Waals surface area contributed by atoms with E-state index in [-0.39, 0.29) is 10.8 Å². The first-order chi connectivity index (χ1) is 16.3. The number of carbonyl (C=O) groups is 1. The molecule has 34 heavy (non-hydrogen) atoms. The zero-order chi connectivity index (χ0) is 24.1. The van der Waals surface area contributed by atoms with E-state index in [2.05, 4.69) is 15.1 Å². The van der Waals surface area contributed by atoms with Gasteiger partial charge in [-0.05, 0) is 55.2 Å². The highest BCUT2D eigenvalue weighted by Gasteiger charge is 2.24. The van der Waals surface area contributed by atoms with Crippen LogP contribution >= 0.6 is 0 Å². The maximum absolute atomic E-state index is 13.3. The monoisotopic (exact) mass is 486 g/mol. The van der Waals surface area contributed by atoms with E-state index in [9.17, 15) is 13.2 Å². The molecule has 0 unspecified atom stereocenters. The van der Waals surface area contributed by atoms with Crippen molar-refractivity contribution in [2.75, 3.05) is 70.2 Å². The molecular weight excluding hydrogens is 452 g/mol. The second-order valence-electron chi connectivity index (χ2n) is 9.02. The summed E-state index contributed by atoms with van der Waals surface area (Å²) < 4.78 is 31.9. The molecule has 2 saturated heterocycles. The number of morpholine rings is 1. The third-order valence-electron chi connectivity index (χ3n) is 6.47. The molecular formula is C25H34N4O4S. The Morgan fingerprint density at radius 2 is 1.68 bits per heavy atom. The van der Waals surface area contributed by atoms with Crippen LogP contribution in [0.1, 0.15) is 28.8 Å². The molecule has 0 atom stereocenters. The van der Waals surface area contributed by atoms with Crippen molar-refractivity contribution in [3.8, 4) is 0 Å². The van der Waals surface area contributed by atoms with Crippen LogP contribution in [-0.2, 0) is 21.2 Å². The molecule has 4 rings (SSSR count). The predicted octanol–water partition coefficient (Wildman–Crippen LogP) is 2.66. The minimum atomic E-state index is -3.64. The van der Waals surface area contributed by atoms with E-state index in [1.807, 2.05) is 24.3 Å². The zero-order valence-corrected chi connectivity index (χ0v) is 20.8. The molecule has 184 valence electrons. The topological polar surface area (TPSA) is 82.2 Å². The van der Waals surface area contributed by atoms with Gasteiger partial charge in [0, 0.05) is 58.2 Å². The minimum Gasteiger partial charge on any atom is -0.379 e. The highest BCUT2D eigenvalue weighted by Crippen LogP contribution is 2.29. The van der Waals surface area contributed by atoms with Crippen LogP contribution in [0.4, 0.5) is 11.4 Å². The quantitative estimate of drug-likeness (QED) is 0.618. The molecule has 2 aliphatic rings. The molecule has 0 bridgehead atoms. The van der Waals surface area contributed by atoms with Gasteiger partial charge in [0.1, 0.15) is 0 Å². The Kier molecular flexibility index (Phi) is 7.88. The van der Waals surface area contributed by atoms with Gasteiger partial charge in [0.15, 0.2) is 0 Å². The molecule has 8 nitrogen and oxygen atoms in total. The summed E-state index contributed by atoms with van der Waals surface area (Å²) in [5, 5.41) is 2.96. The molecule has 2 heterocycles. The average Bonchev–Trinajstić information content (AvgIpc) is 3.38. The average molecular weight is 487 g/mol. The van der Waals surface area contributed by atoms with E-state index in [4.69, 9.17) is 4.74 Å². The second kappa shape index (κ2) is 10.9. The number of nitrogens with zero attached hydrogens (tertiary/aromatic N) is 3. The molecule has 0 aliphatic carbocycles. The van der Waals surface area contributed by atoms with Crippen molar-refractivity contribution in [1.82, 2.24) is 9.21 Å². The first kappa shape index (κ1) is 24.7. The highest BCUT2D eigenvalue weighted by molar-refractivity contribution is 7.89. The second-order valence-corrected chi connectivity index (χ2v) is 11.2. The Labute approximate surface area is 202 Å². The summed E-state index contributed by atoms with van der Waals surface area (Å²) in [6.45, 7) is 6.23. The first-order valence-electron chi connectivity index (χ1n) is 11.9. The van der Waals surface area contributed by atoms with Gasteiger partial charge in [-0.3, -0.25) is 9.69 Å². The molecule has 2 aromatic carbocycles. The molecule has 9 heteroatoms. The highest BCUT2D eigenvalue weighted by atomic mass is 32.2. The smallest absolute Gasteiger partial charge is 0.257 e. The number of carbonyl (C=O) groups excluding carboxylic acids is 1. The Bertz CT molecular complexity index is 1090. The maximum Gasteiger partial charge on any atom is 0.257 e. The third-order valence-corrected chi connectivity index (χ3v) is 8.28. The van der Waals surface area contributed by atoms with Crippen molar-refractivity contribution >= 4 is 27.3 Å². The Hall–Kier alpha value is -2.46. The fraction of sp³-hybridized carbons (Fsp3) is 0.480. The van der Waals surface area contributed by atoms with Gasteiger partial charge in [0.2, 0.25) is 10.0 Å². The Morgan fingerprint density at radius 1 is 1.00 bits per heavy atom. The van der Waals surface area contributed by atoms with Crippen LogP contribution in [0.5, 0.6) is 0 Å². The Balaban J connectivity index is 1.49. The van der Waals surface area contributed by atoms with E-state index in [0.29, 0.717) is 11.3 Å². The van der Waals surface area contributed by atoms with Gasteiger partial charge in [0.25, 0.3) is 5.91 Å². The van der Waals surface area contributed by atoms with Crippen LogP contribution in [0, 0.1) is 0 Å². The molecule has 0 saturated carbocycles.